The van der Waals surface area contributed by atoms with Crippen molar-refractivity contribution < 1.29 is 29.1 Å². The molecule has 1 aromatic rings. The van der Waals surface area contributed by atoms with Crippen molar-refractivity contribution in [3.05, 3.63) is 23.8 Å². The Kier molecular flexibility index (Phi) is 10.1. The maximum absolute atomic E-state index is 12.6. The monoisotopic (exact) mass is 435 g/mol. The van der Waals surface area contributed by atoms with E-state index in [-0.39, 0.29) is 19.1 Å². The zero-order chi connectivity index (χ0) is 22.6. The average Bonchev–Trinajstić information content (AvgIpc) is 3.29. The predicted molar refractivity (Wildman–Crippen MR) is 114 cm³/mol. The first-order chi connectivity index (χ1) is 15.0. The number of rotatable bonds is 12. The van der Waals surface area contributed by atoms with Crippen LogP contribution < -0.4 is 20.3 Å². The van der Waals surface area contributed by atoms with Crippen LogP contribution >= 0.6 is 0 Å². The fraction of sp³-hybridized carbons (Fsp3) is 0.591. The molecule has 0 bridgehead atoms. The van der Waals surface area contributed by atoms with Crippen LogP contribution in [0.15, 0.2) is 18.2 Å². The third-order valence-corrected chi connectivity index (χ3v) is 5.38. The van der Waals surface area contributed by atoms with Crippen LogP contribution in [0, 0.1) is 5.92 Å². The van der Waals surface area contributed by atoms with Crippen molar-refractivity contribution in [3.8, 4) is 11.5 Å². The SMILES string of the molecule is CCCCC[C@H](CN(O)C=O)C(=O)NNC(=O)c1ccc(OC)c(OC2CCCC2)c1. The van der Waals surface area contributed by atoms with Gasteiger partial charge in [0.25, 0.3) is 5.91 Å². The molecular formula is C22H33N3O6. The topological polar surface area (TPSA) is 117 Å². The molecule has 0 aliphatic heterocycles. The third kappa shape index (κ3) is 7.75. The number of carbonyl (C=O) groups is 3. The first kappa shape index (κ1) is 24.5. The van der Waals surface area contributed by atoms with Gasteiger partial charge in [-0.1, -0.05) is 26.2 Å². The summed E-state index contributed by atoms with van der Waals surface area (Å²) in [6, 6.07) is 4.84. The normalized spacial score (nSPS) is 14.5. The third-order valence-electron chi connectivity index (χ3n) is 5.38. The maximum atomic E-state index is 12.6. The minimum absolute atomic E-state index is 0.107. The number of amides is 3. The van der Waals surface area contributed by atoms with Crippen molar-refractivity contribution in [1.29, 1.82) is 0 Å². The number of nitrogens with one attached hydrogen (secondary N) is 2. The smallest absolute Gasteiger partial charge is 0.269 e. The van der Waals surface area contributed by atoms with Gasteiger partial charge in [0.2, 0.25) is 12.3 Å². The summed E-state index contributed by atoms with van der Waals surface area (Å²) in [5.41, 5.74) is 5.10. The summed E-state index contributed by atoms with van der Waals surface area (Å²) >= 11 is 0. The molecule has 0 radical (unpaired) electrons. The summed E-state index contributed by atoms with van der Waals surface area (Å²) in [5, 5.41) is 9.90. The van der Waals surface area contributed by atoms with Crippen LogP contribution in [0.4, 0.5) is 0 Å². The molecule has 2 rings (SSSR count). The van der Waals surface area contributed by atoms with Gasteiger partial charge in [0.1, 0.15) is 0 Å². The number of hydrazine groups is 1. The zero-order valence-corrected chi connectivity index (χ0v) is 18.3. The van der Waals surface area contributed by atoms with E-state index in [2.05, 4.69) is 10.9 Å². The van der Waals surface area contributed by atoms with E-state index in [4.69, 9.17) is 9.47 Å². The van der Waals surface area contributed by atoms with Gasteiger partial charge in [-0.25, -0.2) is 5.06 Å². The van der Waals surface area contributed by atoms with E-state index >= 15 is 0 Å². The molecule has 1 atom stereocenters. The molecule has 1 fully saturated rings. The molecular weight excluding hydrogens is 402 g/mol. The highest BCUT2D eigenvalue weighted by Gasteiger charge is 2.22. The summed E-state index contributed by atoms with van der Waals surface area (Å²) in [5.74, 6) is -0.579. The van der Waals surface area contributed by atoms with E-state index in [1.54, 1.807) is 25.3 Å². The molecule has 0 heterocycles. The number of hydrogen-bond acceptors (Lipinski definition) is 6. The van der Waals surface area contributed by atoms with Crippen molar-refractivity contribution in [3.63, 3.8) is 0 Å². The largest absolute Gasteiger partial charge is 0.493 e. The zero-order valence-electron chi connectivity index (χ0n) is 18.3. The first-order valence-corrected chi connectivity index (χ1v) is 10.8. The quantitative estimate of drug-likeness (QED) is 0.201. The highest BCUT2D eigenvalue weighted by molar-refractivity contribution is 5.96. The van der Waals surface area contributed by atoms with Gasteiger partial charge in [0.05, 0.1) is 25.7 Å². The highest BCUT2D eigenvalue weighted by Crippen LogP contribution is 2.32. The summed E-state index contributed by atoms with van der Waals surface area (Å²) in [4.78, 5) is 35.8. The molecule has 9 heteroatoms. The number of benzene rings is 1. The number of hydroxylamine groups is 2. The van der Waals surface area contributed by atoms with Gasteiger partial charge in [-0.15, -0.1) is 0 Å². The Morgan fingerprint density at radius 2 is 1.97 bits per heavy atom. The second kappa shape index (κ2) is 12.8. The Balaban J connectivity index is 1.98. The van der Waals surface area contributed by atoms with E-state index < -0.39 is 17.7 Å². The number of ether oxygens (including phenoxy) is 2. The first-order valence-electron chi connectivity index (χ1n) is 10.8. The molecule has 0 spiro atoms. The summed E-state index contributed by atoms with van der Waals surface area (Å²) < 4.78 is 11.3. The van der Waals surface area contributed by atoms with Gasteiger partial charge in [-0.3, -0.25) is 30.4 Å². The summed E-state index contributed by atoms with van der Waals surface area (Å²) in [6.45, 7) is 1.90. The lowest BCUT2D eigenvalue weighted by Crippen LogP contribution is -2.46. The summed E-state index contributed by atoms with van der Waals surface area (Å²) in [7, 11) is 1.54. The van der Waals surface area contributed by atoms with Crippen LogP contribution in [-0.4, -0.2) is 48.3 Å². The Labute approximate surface area is 183 Å². The van der Waals surface area contributed by atoms with Gasteiger partial charge in [-0.2, -0.15) is 0 Å². The van der Waals surface area contributed by atoms with Gasteiger partial charge in [-0.05, 0) is 50.3 Å². The average molecular weight is 436 g/mol. The van der Waals surface area contributed by atoms with Crippen molar-refractivity contribution >= 4 is 18.2 Å². The number of methoxy groups -OCH3 is 1. The van der Waals surface area contributed by atoms with E-state index in [0.29, 0.717) is 28.5 Å². The fourth-order valence-electron chi connectivity index (χ4n) is 3.60. The van der Waals surface area contributed by atoms with Crippen LogP contribution in [0.2, 0.25) is 0 Å². The molecule has 0 unspecified atom stereocenters. The van der Waals surface area contributed by atoms with Crippen LogP contribution in [0.25, 0.3) is 0 Å². The minimum Gasteiger partial charge on any atom is -0.493 e. The Hall–Kier alpha value is -2.81. The van der Waals surface area contributed by atoms with Crippen molar-refractivity contribution in [2.75, 3.05) is 13.7 Å². The molecule has 3 N–H and O–H groups in total. The number of unbranched alkanes of at least 4 members (excludes halogenated alkanes) is 2. The summed E-state index contributed by atoms with van der Waals surface area (Å²) in [6.07, 6.45) is 7.70. The molecule has 1 aromatic carbocycles. The molecule has 1 saturated carbocycles. The highest BCUT2D eigenvalue weighted by atomic mass is 16.5. The Morgan fingerprint density at radius 1 is 1.23 bits per heavy atom. The van der Waals surface area contributed by atoms with Gasteiger partial charge in [0, 0.05) is 5.56 Å². The lowest BCUT2D eigenvalue weighted by atomic mass is 10.0. The second-order valence-corrected chi connectivity index (χ2v) is 7.75. The molecule has 3 amide bonds. The van der Waals surface area contributed by atoms with E-state index in [9.17, 15) is 19.6 Å². The van der Waals surface area contributed by atoms with Gasteiger partial charge >= 0.3 is 0 Å². The van der Waals surface area contributed by atoms with Crippen LogP contribution in [0.5, 0.6) is 11.5 Å². The van der Waals surface area contributed by atoms with Crippen LogP contribution in [0.1, 0.15) is 68.6 Å². The van der Waals surface area contributed by atoms with E-state index in [1.165, 1.54) is 0 Å². The number of carbonyl (C=O) groups excluding carboxylic acids is 3. The molecule has 0 saturated heterocycles. The Bertz CT molecular complexity index is 736. The lowest BCUT2D eigenvalue weighted by molar-refractivity contribution is -0.154. The van der Waals surface area contributed by atoms with Crippen LogP contribution in [0.3, 0.4) is 0 Å². The lowest BCUT2D eigenvalue weighted by Gasteiger charge is -2.20. The molecule has 1 aliphatic rings. The van der Waals surface area contributed by atoms with Crippen LogP contribution in [-0.2, 0) is 9.59 Å². The second-order valence-electron chi connectivity index (χ2n) is 7.75. The molecule has 9 nitrogen and oxygen atoms in total. The van der Waals surface area contributed by atoms with E-state index in [1.807, 2.05) is 6.92 Å². The van der Waals surface area contributed by atoms with Crippen molar-refractivity contribution in [1.82, 2.24) is 15.9 Å². The predicted octanol–water partition coefficient (Wildman–Crippen LogP) is 2.82. The van der Waals surface area contributed by atoms with Crippen molar-refractivity contribution in [2.24, 2.45) is 5.92 Å². The standard InChI is InChI=1S/C22H33N3O6/c1-3-4-5-8-17(14-25(29)15-26)22(28)24-23-21(27)16-11-12-19(30-2)20(13-16)31-18-9-6-7-10-18/h11-13,15,17-18,29H,3-10,14H2,1-2H3,(H,23,27)(H,24,28)/t17-/m1/s1. The fourth-order valence-corrected chi connectivity index (χ4v) is 3.60. The maximum Gasteiger partial charge on any atom is 0.269 e. The van der Waals surface area contributed by atoms with Gasteiger partial charge in [0.15, 0.2) is 11.5 Å². The minimum atomic E-state index is -0.640. The molecule has 1 aliphatic carbocycles. The number of nitrogens with zero attached hydrogens (tertiary/aromatic N) is 1. The number of hydrogen-bond donors (Lipinski definition) is 3. The molecule has 0 aromatic heterocycles. The molecule has 31 heavy (non-hydrogen) atoms. The van der Waals surface area contributed by atoms with Gasteiger partial charge < -0.3 is 9.47 Å². The molecule has 172 valence electrons. The van der Waals surface area contributed by atoms with E-state index in [0.717, 1.165) is 44.9 Å². The van der Waals surface area contributed by atoms with Crippen molar-refractivity contribution in [2.45, 2.75) is 64.4 Å². The Morgan fingerprint density at radius 3 is 2.61 bits per heavy atom.